The Bertz CT molecular complexity index is 252. The predicted molar refractivity (Wildman–Crippen MR) is 76.6 cm³/mol. The number of hydrogen-bond donors (Lipinski definition) is 1. The van der Waals surface area contributed by atoms with Gasteiger partial charge in [-0.2, -0.15) is 0 Å². The maximum atomic E-state index is 12.3. The molecule has 1 aliphatic heterocycles. The number of hydrogen-bond acceptors (Lipinski definition) is 2. The number of nitrogens with one attached hydrogen (secondary N) is 1. The summed E-state index contributed by atoms with van der Waals surface area (Å²) in [5, 5.41) is 3.35. The van der Waals surface area contributed by atoms with E-state index >= 15 is 0 Å². The zero-order valence-corrected chi connectivity index (χ0v) is 12.6. The molecule has 1 unspecified atom stereocenters. The summed E-state index contributed by atoms with van der Waals surface area (Å²) in [5.41, 5.74) is 0.338. The molecule has 1 aliphatic rings. The molecular formula is C15H30N2O. The third kappa shape index (κ3) is 5.38. The van der Waals surface area contributed by atoms with Crippen molar-refractivity contribution in [2.75, 3.05) is 19.6 Å². The first-order valence-electron chi connectivity index (χ1n) is 7.44. The Morgan fingerprint density at radius 3 is 2.61 bits per heavy atom. The maximum absolute atomic E-state index is 12.3. The van der Waals surface area contributed by atoms with Crippen molar-refractivity contribution in [1.29, 1.82) is 0 Å². The first-order valence-corrected chi connectivity index (χ1v) is 7.44. The standard InChI is InChI=1S/C15H30N2O/c1-5-11-17(13-8-10-16-12-13)14(18)7-6-9-15(2,3)4/h13,16H,5-12H2,1-4H3. The Morgan fingerprint density at radius 1 is 1.39 bits per heavy atom. The fourth-order valence-corrected chi connectivity index (χ4v) is 2.57. The number of nitrogens with zero attached hydrogens (tertiary/aromatic N) is 1. The van der Waals surface area contributed by atoms with Crippen LogP contribution >= 0.6 is 0 Å². The van der Waals surface area contributed by atoms with Crippen LogP contribution in [0.1, 0.15) is 59.8 Å². The van der Waals surface area contributed by atoms with Gasteiger partial charge >= 0.3 is 0 Å². The quantitative estimate of drug-likeness (QED) is 0.790. The molecule has 0 saturated carbocycles. The third-order valence-electron chi connectivity index (χ3n) is 3.58. The van der Waals surface area contributed by atoms with Crippen LogP contribution in [0.5, 0.6) is 0 Å². The molecule has 0 aliphatic carbocycles. The molecule has 3 nitrogen and oxygen atoms in total. The molecule has 1 fully saturated rings. The van der Waals surface area contributed by atoms with Crippen LogP contribution in [0.3, 0.4) is 0 Å². The van der Waals surface area contributed by atoms with E-state index in [4.69, 9.17) is 0 Å². The summed E-state index contributed by atoms with van der Waals surface area (Å²) in [6.45, 7) is 11.8. The average molecular weight is 254 g/mol. The number of amides is 1. The van der Waals surface area contributed by atoms with Crippen LogP contribution in [0.15, 0.2) is 0 Å². The summed E-state index contributed by atoms with van der Waals surface area (Å²) in [6, 6.07) is 0.437. The van der Waals surface area contributed by atoms with Crippen LogP contribution < -0.4 is 5.32 Å². The van der Waals surface area contributed by atoms with Gasteiger partial charge in [-0.15, -0.1) is 0 Å². The van der Waals surface area contributed by atoms with E-state index in [9.17, 15) is 4.79 Å². The van der Waals surface area contributed by atoms with Crippen molar-refractivity contribution in [2.24, 2.45) is 5.41 Å². The Labute approximate surface area is 112 Å². The van der Waals surface area contributed by atoms with Gasteiger partial charge in [0.25, 0.3) is 0 Å². The molecule has 1 atom stereocenters. The SMILES string of the molecule is CCCN(C(=O)CCCC(C)(C)C)C1CCNC1. The van der Waals surface area contributed by atoms with Gasteiger partial charge in [-0.25, -0.2) is 0 Å². The van der Waals surface area contributed by atoms with Gasteiger partial charge in [0, 0.05) is 25.6 Å². The Balaban J connectivity index is 2.39. The topological polar surface area (TPSA) is 32.3 Å². The summed E-state index contributed by atoms with van der Waals surface area (Å²) in [4.78, 5) is 14.4. The van der Waals surface area contributed by atoms with Crippen LogP contribution in [0.25, 0.3) is 0 Å². The van der Waals surface area contributed by atoms with E-state index in [0.29, 0.717) is 23.8 Å². The molecule has 0 radical (unpaired) electrons. The monoisotopic (exact) mass is 254 g/mol. The predicted octanol–water partition coefficient (Wildman–Crippen LogP) is 2.80. The molecule has 3 heteroatoms. The van der Waals surface area contributed by atoms with E-state index < -0.39 is 0 Å². The molecule has 0 aromatic rings. The second-order valence-electron chi connectivity index (χ2n) is 6.65. The van der Waals surface area contributed by atoms with Gasteiger partial charge < -0.3 is 10.2 Å². The van der Waals surface area contributed by atoms with E-state index in [1.807, 2.05) is 0 Å². The van der Waals surface area contributed by atoms with Crippen molar-refractivity contribution in [3.8, 4) is 0 Å². The van der Waals surface area contributed by atoms with Gasteiger partial charge in [0.05, 0.1) is 0 Å². The lowest BCUT2D eigenvalue weighted by atomic mass is 9.90. The van der Waals surface area contributed by atoms with Gasteiger partial charge in [-0.3, -0.25) is 4.79 Å². The van der Waals surface area contributed by atoms with Crippen molar-refractivity contribution in [3.63, 3.8) is 0 Å². The van der Waals surface area contributed by atoms with Crippen molar-refractivity contribution >= 4 is 5.91 Å². The molecule has 0 bridgehead atoms. The maximum Gasteiger partial charge on any atom is 0.222 e. The van der Waals surface area contributed by atoms with E-state index in [2.05, 4.69) is 37.9 Å². The van der Waals surface area contributed by atoms with Gasteiger partial charge in [-0.05, 0) is 37.6 Å². The third-order valence-corrected chi connectivity index (χ3v) is 3.58. The molecule has 1 N–H and O–H groups in total. The highest BCUT2D eigenvalue weighted by Gasteiger charge is 2.25. The lowest BCUT2D eigenvalue weighted by Gasteiger charge is -2.29. The Morgan fingerprint density at radius 2 is 2.11 bits per heavy atom. The fraction of sp³-hybridized carbons (Fsp3) is 0.933. The molecular weight excluding hydrogens is 224 g/mol. The zero-order valence-electron chi connectivity index (χ0n) is 12.6. The molecule has 1 heterocycles. The fourth-order valence-electron chi connectivity index (χ4n) is 2.57. The van der Waals surface area contributed by atoms with Crippen molar-refractivity contribution in [3.05, 3.63) is 0 Å². The highest BCUT2D eigenvalue weighted by molar-refractivity contribution is 5.76. The number of rotatable bonds is 6. The van der Waals surface area contributed by atoms with Crippen LogP contribution in [0.2, 0.25) is 0 Å². The second-order valence-corrected chi connectivity index (χ2v) is 6.65. The van der Waals surface area contributed by atoms with E-state index in [1.54, 1.807) is 0 Å². The number of carbonyl (C=O) groups excluding carboxylic acids is 1. The summed E-state index contributed by atoms with van der Waals surface area (Å²) in [7, 11) is 0. The van der Waals surface area contributed by atoms with Crippen molar-refractivity contribution < 1.29 is 4.79 Å². The van der Waals surface area contributed by atoms with Crippen LogP contribution in [-0.4, -0.2) is 36.5 Å². The van der Waals surface area contributed by atoms with E-state index in [1.165, 1.54) is 0 Å². The lowest BCUT2D eigenvalue weighted by Crippen LogP contribution is -2.42. The van der Waals surface area contributed by atoms with Gasteiger partial charge in [0.2, 0.25) is 5.91 Å². The smallest absolute Gasteiger partial charge is 0.222 e. The molecule has 0 aromatic carbocycles. The molecule has 0 aromatic heterocycles. The van der Waals surface area contributed by atoms with Crippen LogP contribution in [-0.2, 0) is 4.79 Å². The van der Waals surface area contributed by atoms with Crippen molar-refractivity contribution in [1.82, 2.24) is 10.2 Å². The summed E-state index contributed by atoms with van der Waals surface area (Å²) in [5.74, 6) is 0.356. The molecule has 106 valence electrons. The van der Waals surface area contributed by atoms with Gasteiger partial charge in [0.1, 0.15) is 0 Å². The van der Waals surface area contributed by atoms with Crippen molar-refractivity contribution in [2.45, 2.75) is 65.8 Å². The first kappa shape index (κ1) is 15.5. The molecule has 18 heavy (non-hydrogen) atoms. The van der Waals surface area contributed by atoms with Gasteiger partial charge in [-0.1, -0.05) is 27.7 Å². The number of carbonyl (C=O) groups is 1. The van der Waals surface area contributed by atoms with E-state index in [-0.39, 0.29) is 0 Å². The average Bonchev–Trinajstić information content (AvgIpc) is 2.77. The molecule has 0 spiro atoms. The summed E-state index contributed by atoms with van der Waals surface area (Å²) in [6.07, 6.45) is 5.03. The minimum absolute atomic E-state index is 0.338. The Kier molecular flexibility index (Phi) is 6.13. The highest BCUT2D eigenvalue weighted by Crippen LogP contribution is 2.22. The lowest BCUT2D eigenvalue weighted by molar-refractivity contribution is -0.133. The molecule has 1 saturated heterocycles. The first-order chi connectivity index (χ1) is 8.44. The molecule has 1 amide bonds. The Hall–Kier alpha value is -0.570. The normalized spacial score (nSPS) is 20.1. The highest BCUT2D eigenvalue weighted by atomic mass is 16.2. The second kappa shape index (κ2) is 7.13. The zero-order chi connectivity index (χ0) is 13.6. The minimum atomic E-state index is 0.338. The molecule has 1 rings (SSSR count). The van der Waals surface area contributed by atoms with Crippen LogP contribution in [0, 0.1) is 5.41 Å². The van der Waals surface area contributed by atoms with E-state index in [0.717, 1.165) is 45.3 Å². The summed E-state index contributed by atoms with van der Waals surface area (Å²) < 4.78 is 0. The summed E-state index contributed by atoms with van der Waals surface area (Å²) >= 11 is 0. The van der Waals surface area contributed by atoms with Gasteiger partial charge in [0.15, 0.2) is 0 Å². The van der Waals surface area contributed by atoms with Crippen LogP contribution in [0.4, 0.5) is 0 Å². The largest absolute Gasteiger partial charge is 0.338 e. The minimum Gasteiger partial charge on any atom is -0.338 e.